The molecule has 0 radical (unpaired) electrons. The summed E-state index contributed by atoms with van der Waals surface area (Å²) in [7, 11) is 1.31. The third-order valence-corrected chi connectivity index (χ3v) is 6.88. The van der Waals surface area contributed by atoms with E-state index in [0.717, 1.165) is 10.7 Å². The van der Waals surface area contributed by atoms with Crippen LogP contribution in [0.3, 0.4) is 0 Å². The molecule has 0 saturated carbocycles. The molecule has 14 heteroatoms. The molecule has 1 N–H and O–H groups in total. The van der Waals surface area contributed by atoms with Gasteiger partial charge in [0.05, 0.1) is 76.0 Å². The monoisotopic (exact) mass is 538 g/mol. The molecule has 2 saturated heterocycles. The summed E-state index contributed by atoms with van der Waals surface area (Å²) in [6, 6.07) is 2.25. The minimum atomic E-state index is -3.20. The zero-order chi connectivity index (χ0) is 27.5. The zero-order valence-corrected chi connectivity index (χ0v) is 20.2. The molecule has 1 unspecified atom stereocenters. The van der Waals surface area contributed by atoms with Gasteiger partial charge in [0.25, 0.3) is 12.3 Å². The van der Waals surface area contributed by atoms with Crippen LogP contribution in [0.25, 0.3) is 27.7 Å². The minimum absolute atomic E-state index is 0.0228. The van der Waals surface area contributed by atoms with E-state index >= 15 is 13.2 Å². The summed E-state index contributed by atoms with van der Waals surface area (Å²) < 4.78 is 92.5. The Hall–Kier alpha value is -3.52. The van der Waals surface area contributed by atoms with E-state index in [9.17, 15) is 8.78 Å². The Bertz CT molecular complexity index is 1540. The van der Waals surface area contributed by atoms with Crippen LogP contribution in [0.5, 0.6) is 5.88 Å². The molecule has 3 aromatic heterocycles. The van der Waals surface area contributed by atoms with Gasteiger partial charge in [0.15, 0.2) is 5.82 Å². The number of ether oxygens (including phenoxy) is 2. The van der Waals surface area contributed by atoms with Crippen molar-refractivity contribution in [1.82, 2.24) is 29.0 Å². The fourth-order valence-electron chi connectivity index (χ4n) is 4.93. The average molecular weight is 538 g/mol. The second-order valence-corrected chi connectivity index (χ2v) is 9.31. The van der Waals surface area contributed by atoms with Gasteiger partial charge in [-0.05, 0) is 24.1 Å². The van der Waals surface area contributed by atoms with Crippen LogP contribution in [-0.4, -0.2) is 86.9 Å². The van der Waals surface area contributed by atoms with Gasteiger partial charge in [0.2, 0.25) is 11.8 Å². The third kappa shape index (κ3) is 4.30. The maximum absolute atomic E-state index is 15.3. The lowest BCUT2D eigenvalue weighted by atomic mass is 9.98. The fourth-order valence-corrected chi connectivity index (χ4v) is 4.93. The second-order valence-electron chi connectivity index (χ2n) is 9.31. The number of benzene rings is 1. The summed E-state index contributed by atoms with van der Waals surface area (Å²) in [6.07, 6.45) is -0.213. The molecule has 0 aliphatic carbocycles. The first kappa shape index (κ1) is 23.6. The third-order valence-electron chi connectivity index (χ3n) is 6.88. The predicted molar refractivity (Wildman–Crippen MR) is 127 cm³/mol. The van der Waals surface area contributed by atoms with Crippen LogP contribution in [-0.2, 0) is 11.3 Å². The number of imidazole rings is 1. The van der Waals surface area contributed by atoms with Gasteiger partial charge in [-0.15, -0.1) is 5.10 Å². The van der Waals surface area contributed by atoms with Crippen LogP contribution in [0.15, 0.2) is 30.7 Å². The largest absolute Gasteiger partial charge is 0.479 e. The number of piperidine rings is 1. The summed E-state index contributed by atoms with van der Waals surface area (Å²) in [5.41, 5.74) is 1.41. The van der Waals surface area contributed by atoms with Gasteiger partial charge in [-0.25, -0.2) is 31.5 Å². The summed E-state index contributed by atoms with van der Waals surface area (Å²) in [6.45, 7) is -0.765. The van der Waals surface area contributed by atoms with Crippen LogP contribution in [0.2, 0.25) is 0 Å². The van der Waals surface area contributed by atoms with Crippen molar-refractivity contribution in [3.63, 3.8) is 0 Å². The summed E-state index contributed by atoms with van der Waals surface area (Å²) in [5.74, 6) is -4.14. The molecule has 6 rings (SSSR count). The fraction of sp³-hybridized carbons (Fsp3) is 0.458. The number of nitrogens with zero attached hydrogens (tertiary/aromatic N) is 6. The topological polar surface area (TPSA) is 81.7 Å². The maximum Gasteiger partial charge on any atom is 0.280 e. The van der Waals surface area contributed by atoms with Crippen molar-refractivity contribution in [2.45, 2.75) is 37.4 Å². The number of rotatable bonds is 7. The Morgan fingerprint density at radius 3 is 2.82 bits per heavy atom. The standard InChI is InChI=1S/C24H24F5N7O2/c1-37-22-21-20(13-2-3-16-17(6-13)35(12-30-16)8-19(26)27)15(25)7-36(21)33-23(32-22)31-18-4-5-34(11-24(18,28)29)14-9-38-10-14/h2-3,6-7,12,14,18-19H,4-5,8-11H2,1H3,(H,31,33)/i14D. The molecular weight excluding hydrogens is 513 g/mol. The molecule has 2 fully saturated rings. The van der Waals surface area contributed by atoms with Gasteiger partial charge in [-0.2, -0.15) is 4.98 Å². The van der Waals surface area contributed by atoms with Gasteiger partial charge in [0, 0.05) is 6.54 Å². The van der Waals surface area contributed by atoms with Crippen molar-refractivity contribution < 1.29 is 32.8 Å². The van der Waals surface area contributed by atoms with Gasteiger partial charge >= 0.3 is 0 Å². The van der Waals surface area contributed by atoms with E-state index in [1.165, 1.54) is 29.0 Å². The molecule has 0 spiro atoms. The highest BCUT2D eigenvalue weighted by atomic mass is 19.3. The Morgan fingerprint density at radius 1 is 1.32 bits per heavy atom. The molecule has 4 aromatic rings. The summed E-state index contributed by atoms with van der Waals surface area (Å²) in [5, 5.41) is 6.87. The molecule has 2 aliphatic heterocycles. The molecule has 0 amide bonds. The van der Waals surface area contributed by atoms with Crippen molar-refractivity contribution >= 4 is 22.5 Å². The van der Waals surface area contributed by atoms with Crippen LogP contribution in [0.4, 0.5) is 27.9 Å². The molecule has 5 heterocycles. The van der Waals surface area contributed by atoms with Crippen molar-refractivity contribution in [1.29, 1.82) is 0 Å². The van der Waals surface area contributed by atoms with E-state index in [0.29, 0.717) is 16.6 Å². The lowest BCUT2D eigenvalue weighted by molar-refractivity contribution is -0.131. The number of methoxy groups -OCH3 is 1. The Morgan fingerprint density at radius 2 is 2.13 bits per heavy atom. The van der Waals surface area contributed by atoms with Crippen LogP contribution >= 0.6 is 0 Å². The summed E-state index contributed by atoms with van der Waals surface area (Å²) in [4.78, 5) is 9.75. The van der Waals surface area contributed by atoms with Crippen molar-refractivity contribution in [2.75, 3.05) is 38.7 Å². The van der Waals surface area contributed by atoms with Gasteiger partial charge in [-0.1, -0.05) is 6.07 Å². The van der Waals surface area contributed by atoms with Gasteiger partial charge < -0.3 is 19.4 Å². The van der Waals surface area contributed by atoms with E-state index in [4.69, 9.17) is 10.8 Å². The number of hydrogen-bond acceptors (Lipinski definition) is 7. The highest BCUT2D eigenvalue weighted by Gasteiger charge is 2.47. The number of anilines is 1. The van der Waals surface area contributed by atoms with Crippen LogP contribution in [0, 0.1) is 5.82 Å². The second kappa shape index (κ2) is 9.34. The molecule has 0 bridgehead atoms. The lowest BCUT2D eigenvalue weighted by Gasteiger charge is -2.44. The Labute approximate surface area is 214 Å². The van der Waals surface area contributed by atoms with Crippen LogP contribution < -0.4 is 10.1 Å². The first-order chi connectivity index (χ1) is 18.6. The van der Waals surface area contributed by atoms with Crippen molar-refractivity contribution in [2.24, 2.45) is 0 Å². The molecule has 9 nitrogen and oxygen atoms in total. The quantitative estimate of drug-likeness (QED) is 0.360. The first-order valence-electron chi connectivity index (χ1n) is 12.4. The lowest BCUT2D eigenvalue weighted by Crippen LogP contribution is -2.61. The number of hydrogen-bond donors (Lipinski definition) is 1. The van der Waals surface area contributed by atoms with Crippen LogP contribution in [0.1, 0.15) is 7.79 Å². The predicted octanol–water partition coefficient (Wildman–Crippen LogP) is 3.68. The van der Waals surface area contributed by atoms with Gasteiger partial charge in [-0.3, -0.25) is 4.90 Å². The number of likely N-dealkylation sites (tertiary alicyclic amines) is 1. The minimum Gasteiger partial charge on any atom is -0.479 e. The van der Waals surface area contributed by atoms with E-state index in [1.54, 1.807) is 12.1 Å². The molecule has 2 aliphatic rings. The van der Waals surface area contributed by atoms with E-state index in [2.05, 4.69) is 20.4 Å². The molecule has 38 heavy (non-hydrogen) atoms. The highest BCUT2D eigenvalue weighted by molar-refractivity contribution is 5.90. The van der Waals surface area contributed by atoms with E-state index < -0.39 is 43.3 Å². The molecule has 1 atom stereocenters. The average Bonchev–Trinajstić information content (AvgIpc) is 3.41. The first-order valence-corrected chi connectivity index (χ1v) is 11.9. The maximum atomic E-state index is 15.3. The Kier molecular flexibility index (Phi) is 5.80. The van der Waals surface area contributed by atoms with E-state index in [-0.39, 0.29) is 49.1 Å². The highest BCUT2D eigenvalue weighted by Crippen LogP contribution is 2.36. The number of halogens is 5. The molecular formula is C24H24F5N7O2. The number of fused-ring (bicyclic) bond motifs is 2. The zero-order valence-electron chi connectivity index (χ0n) is 21.2. The molecule has 1 aromatic carbocycles. The number of nitrogens with one attached hydrogen (secondary N) is 1. The number of aromatic nitrogens is 5. The Balaban J connectivity index is 1.32. The normalized spacial score (nSPS) is 21.6. The molecule has 202 valence electrons. The van der Waals surface area contributed by atoms with Crippen molar-refractivity contribution in [3.8, 4) is 17.0 Å². The van der Waals surface area contributed by atoms with Gasteiger partial charge in [0.1, 0.15) is 5.52 Å². The van der Waals surface area contributed by atoms with Crippen molar-refractivity contribution in [3.05, 3.63) is 36.5 Å². The number of alkyl halides is 4. The van der Waals surface area contributed by atoms with E-state index in [1.807, 2.05) is 0 Å². The SMILES string of the molecule is [2H]C1(N2CCC(Nc3nc(OC)c4c(-c5ccc6ncn(CC(F)F)c6c5)c(F)cn4n3)C(F)(F)C2)COC1. The smallest absolute Gasteiger partial charge is 0.280 e. The summed E-state index contributed by atoms with van der Waals surface area (Å²) >= 11 is 0.